The van der Waals surface area contributed by atoms with Crippen LogP contribution in [-0.4, -0.2) is 9.97 Å². The molecule has 0 unspecified atom stereocenters. The largest absolute Gasteiger partial charge is 0.467 e. The normalized spacial score (nSPS) is 10.1. The van der Waals surface area contributed by atoms with Gasteiger partial charge in [-0.3, -0.25) is 0 Å². The summed E-state index contributed by atoms with van der Waals surface area (Å²) in [5.41, 5.74) is 2.19. The molecule has 3 aromatic rings. The number of aryl methyl sites for hydroxylation is 1. The number of furan rings is 1. The van der Waals surface area contributed by atoms with E-state index in [0.717, 1.165) is 17.1 Å². The van der Waals surface area contributed by atoms with Gasteiger partial charge >= 0.3 is 0 Å². The van der Waals surface area contributed by atoms with Crippen LogP contribution >= 0.6 is 0 Å². The van der Waals surface area contributed by atoms with Crippen LogP contribution < -0.4 is 10.6 Å². The van der Waals surface area contributed by atoms with E-state index in [1.807, 2.05) is 37.3 Å². The predicted octanol–water partition coefficient (Wildman–Crippen LogP) is 3.61. The van der Waals surface area contributed by atoms with Gasteiger partial charge in [0.05, 0.1) is 24.4 Å². The Kier molecular flexibility index (Phi) is 4.20. The van der Waals surface area contributed by atoms with Gasteiger partial charge in [-0.05, 0) is 37.3 Å². The van der Waals surface area contributed by atoms with Crippen LogP contribution in [0.3, 0.4) is 0 Å². The van der Waals surface area contributed by atoms with Gasteiger partial charge in [-0.15, -0.1) is 0 Å². The van der Waals surface area contributed by atoms with Crippen molar-refractivity contribution in [3.05, 3.63) is 65.7 Å². The minimum absolute atomic E-state index is 0.474. The molecule has 6 heteroatoms. The average molecular weight is 305 g/mol. The number of hydrogen-bond acceptors (Lipinski definition) is 6. The summed E-state index contributed by atoms with van der Waals surface area (Å²) in [6, 6.07) is 14.9. The van der Waals surface area contributed by atoms with Crippen molar-refractivity contribution in [1.82, 2.24) is 9.97 Å². The Morgan fingerprint density at radius 1 is 1.17 bits per heavy atom. The summed E-state index contributed by atoms with van der Waals surface area (Å²) < 4.78 is 5.28. The van der Waals surface area contributed by atoms with Crippen LogP contribution in [0.2, 0.25) is 0 Å². The first kappa shape index (κ1) is 14.6. The lowest BCUT2D eigenvalue weighted by Crippen LogP contribution is -2.05. The third-order valence-electron chi connectivity index (χ3n) is 3.13. The molecule has 0 fully saturated rings. The van der Waals surface area contributed by atoms with Crippen LogP contribution in [0.4, 0.5) is 17.5 Å². The second-order valence-electron chi connectivity index (χ2n) is 4.97. The Hall–Kier alpha value is -3.33. The Morgan fingerprint density at radius 3 is 2.87 bits per heavy atom. The van der Waals surface area contributed by atoms with E-state index in [9.17, 15) is 0 Å². The van der Waals surface area contributed by atoms with Crippen molar-refractivity contribution in [2.45, 2.75) is 13.5 Å². The molecule has 0 spiro atoms. The maximum atomic E-state index is 8.95. The summed E-state index contributed by atoms with van der Waals surface area (Å²) in [4.78, 5) is 8.79. The molecule has 0 aliphatic heterocycles. The Bertz CT molecular complexity index is 836. The van der Waals surface area contributed by atoms with Crippen molar-refractivity contribution < 1.29 is 4.42 Å². The minimum Gasteiger partial charge on any atom is -0.467 e. The number of benzene rings is 1. The molecule has 2 aromatic heterocycles. The van der Waals surface area contributed by atoms with Gasteiger partial charge in [-0.2, -0.15) is 10.2 Å². The summed E-state index contributed by atoms with van der Waals surface area (Å²) in [5.74, 6) is 2.01. The number of hydrogen-bond donors (Lipinski definition) is 2. The zero-order chi connectivity index (χ0) is 16.1. The Labute approximate surface area is 133 Å². The number of anilines is 3. The molecular weight excluding hydrogens is 290 g/mol. The lowest BCUT2D eigenvalue weighted by molar-refractivity contribution is 0.518. The maximum Gasteiger partial charge on any atom is 0.229 e. The molecule has 2 N–H and O–H groups in total. The fourth-order valence-corrected chi connectivity index (χ4v) is 2.10. The quantitative estimate of drug-likeness (QED) is 0.749. The van der Waals surface area contributed by atoms with Gasteiger partial charge in [-0.25, -0.2) is 4.98 Å². The van der Waals surface area contributed by atoms with E-state index in [1.165, 1.54) is 0 Å². The second kappa shape index (κ2) is 6.62. The summed E-state index contributed by atoms with van der Waals surface area (Å²) in [6.45, 7) is 2.45. The first-order valence-corrected chi connectivity index (χ1v) is 7.12. The van der Waals surface area contributed by atoms with Crippen LogP contribution in [0.25, 0.3) is 0 Å². The van der Waals surface area contributed by atoms with Crippen molar-refractivity contribution in [1.29, 1.82) is 5.26 Å². The van der Waals surface area contributed by atoms with Gasteiger partial charge in [-0.1, -0.05) is 6.07 Å². The molecule has 23 heavy (non-hydrogen) atoms. The Morgan fingerprint density at radius 2 is 2.09 bits per heavy atom. The fourth-order valence-electron chi connectivity index (χ4n) is 2.10. The number of nitriles is 1. The molecule has 0 bridgehead atoms. The SMILES string of the molecule is Cc1cc(NCc2ccco2)nc(Nc2cccc(C#N)c2)n1. The van der Waals surface area contributed by atoms with E-state index in [-0.39, 0.29) is 0 Å². The van der Waals surface area contributed by atoms with Gasteiger partial charge in [0.2, 0.25) is 5.95 Å². The zero-order valence-corrected chi connectivity index (χ0v) is 12.6. The van der Waals surface area contributed by atoms with Gasteiger partial charge in [0.1, 0.15) is 11.6 Å². The molecule has 0 aliphatic carbocycles. The van der Waals surface area contributed by atoms with Gasteiger partial charge < -0.3 is 15.1 Å². The molecule has 114 valence electrons. The van der Waals surface area contributed by atoms with Gasteiger partial charge in [0.25, 0.3) is 0 Å². The molecule has 0 amide bonds. The lowest BCUT2D eigenvalue weighted by Gasteiger charge is -2.09. The molecule has 0 radical (unpaired) electrons. The summed E-state index contributed by atoms with van der Waals surface area (Å²) in [6.07, 6.45) is 1.64. The molecule has 0 atom stereocenters. The molecule has 0 saturated heterocycles. The third kappa shape index (κ3) is 3.86. The van der Waals surface area contributed by atoms with Crippen molar-refractivity contribution in [3.63, 3.8) is 0 Å². The van der Waals surface area contributed by atoms with Gasteiger partial charge in [0.15, 0.2) is 0 Å². The monoisotopic (exact) mass is 305 g/mol. The van der Waals surface area contributed by atoms with Crippen molar-refractivity contribution in [2.24, 2.45) is 0 Å². The smallest absolute Gasteiger partial charge is 0.229 e. The Balaban J connectivity index is 1.75. The van der Waals surface area contributed by atoms with Crippen LogP contribution in [0.5, 0.6) is 0 Å². The van der Waals surface area contributed by atoms with Crippen LogP contribution in [0, 0.1) is 18.3 Å². The number of rotatable bonds is 5. The van der Waals surface area contributed by atoms with Gasteiger partial charge in [0, 0.05) is 17.4 Å². The first-order valence-electron chi connectivity index (χ1n) is 7.12. The third-order valence-corrected chi connectivity index (χ3v) is 3.13. The van der Waals surface area contributed by atoms with Crippen LogP contribution in [0.15, 0.2) is 53.1 Å². The van der Waals surface area contributed by atoms with Crippen molar-refractivity contribution >= 4 is 17.5 Å². The maximum absolute atomic E-state index is 8.95. The van der Waals surface area contributed by atoms with E-state index < -0.39 is 0 Å². The predicted molar refractivity (Wildman–Crippen MR) is 87.2 cm³/mol. The van der Waals surface area contributed by atoms with Crippen molar-refractivity contribution in [2.75, 3.05) is 10.6 Å². The minimum atomic E-state index is 0.474. The second-order valence-corrected chi connectivity index (χ2v) is 4.97. The highest BCUT2D eigenvalue weighted by atomic mass is 16.3. The molecular formula is C17H15N5O. The molecule has 2 heterocycles. The molecule has 3 rings (SSSR count). The van der Waals surface area contributed by atoms with E-state index in [0.29, 0.717) is 23.9 Å². The lowest BCUT2D eigenvalue weighted by atomic mass is 10.2. The van der Waals surface area contributed by atoms with E-state index in [4.69, 9.17) is 9.68 Å². The number of aromatic nitrogens is 2. The standard InChI is InChI=1S/C17H15N5O/c1-12-8-16(19-11-15-6-3-7-23-15)22-17(20-12)21-14-5-2-4-13(9-14)10-18/h2-9H,11H2,1H3,(H2,19,20,21,22). The first-order chi connectivity index (χ1) is 11.2. The van der Waals surface area contributed by atoms with E-state index >= 15 is 0 Å². The number of nitrogens with zero attached hydrogens (tertiary/aromatic N) is 3. The van der Waals surface area contributed by atoms with Crippen LogP contribution in [-0.2, 0) is 6.54 Å². The molecule has 0 aliphatic rings. The van der Waals surface area contributed by atoms with Crippen LogP contribution in [0.1, 0.15) is 17.0 Å². The zero-order valence-electron chi connectivity index (χ0n) is 12.6. The summed E-state index contributed by atoms with van der Waals surface area (Å²) >= 11 is 0. The molecule has 0 saturated carbocycles. The summed E-state index contributed by atoms with van der Waals surface area (Å²) in [7, 11) is 0. The molecule has 1 aromatic carbocycles. The molecule has 6 nitrogen and oxygen atoms in total. The topological polar surface area (TPSA) is 86.8 Å². The average Bonchev–Trinajstić information content (AvgIpc) is 3.06. The fraction of sp³-hybridized carbons (Fsp3) is 0.118. The number of nitrogens with one attached hydrogen (secondary N) is 2. The highest BCUT2D eigenvalue weighted by Crippen LogP contribution is 2.17. The summed E-state index contributed by atoms with van der Waals surface area (Å²) in [5, 5.41) is 15.3. The highest BCUT2D eigenvalue weighted by Gasteiger charge is 2.04. The highest BCUT2D eigenvalue weighted by molar-refractivity contribution is 5.57. The van der Waals surface area contributed by atoms with E-state index in [2.05, 4.69) is 26.7 Å². The van der Waals surface area contributed by atoms with E-state index in [1.54, 1.807) is 18.4 Å². The van der Waals surface area contributed by atoms with Crippen molar-refractivity contribution in [3.8, 4) is 6.07 Å².